The fourth-order valence-corrected chi connectivity index (χ4v) is 3.17. The number of hydrogen-bond donors (Lipinski definition) is 2. The quantitative estimate of drug-likeness (QED) is 0.690. The van der Waals surface area contributed by atoms with Crippen LogP contribution in [-0.2, 0) is 18.0 Å². The third-order valence-corrected chi connectivity index (χ3v) is 4.89. The molecule has 0 spiro atoms. The average molecular weight is 417 g/mol. The van der Waals surface area contributed by atoms with E-state index < -0.39 is 40.6 Å². The van der Waals surface area contributed by atoms with Crippen LogP contribution in [0.1, 0.15) is 39.9 Å². The molecule has 1 atom stereocenters. The van der Waals surface area contributed by atoms with E-state index in [2.05, 4.69) is 5.32 Å². The number of benzene rings is 2. The van der Waals surface area contributed by atoms with Gasteiger partial charge in [-0.15, -0.1) is 0 Å². The lowest BCUT2D eigenvalue weighted by Crippen LogP contribution is -2.42. The molecule has 0 bridgehead atoms. The highest BCUT2D eigenvalue weighted by atomic mass is 19.4. The number of halogens is 6. The van der Waals surface area contributed by atoms with Crippen LogP contribution in [0.4, 0.5) is 26.3 Å². The van der Waals surface area contributed by atoms with Crippen molar-refractivity contribution >= 4 is 5.91 Å². The summed E-state index contributed by atoms with van der Waals surface area (Å²) in [5, 5.41) is 13.3. The smallest absolute Gasteiger partial charge is 0.383 e. The molecule has 1 aliphatic rings. The van der Waals surface area contributed by atoms with Crippen LogP contribution in [0.5, 0.6) is 0 Å². The number of carbonyl (C=O) groups is 1. The van der Waals surface area contributed by atoms with E-state index in [0.29, 0.717) is 30.5 Å². The zero-order valence-corrected chi connectivity index (χ0v) is 14.9. The third-order valence-electron chi connectivity index (χ3n) is 4.89. The van der Waals surface area contributed by atoms with Crippen LogP contribution >= 0.6 is 0 Å². The van der Waals surface area contributed by atoms with E-state index >= 15 is 0 Å². The van der Waals surface area contributed by atoms with Gasteiger partial charge in [0.25, 0.3) is 5.91 Å². The number of alkyl halides is 6. The number of carbonyl (C=O) groups excluding carboxylic acids is 1. The Labute approximate surface area is 162 Å². The summed E-state index contributed by atoms with van der Waals surface area (Å²) in [6, 6.07) is 9.09. The van der Waals surface area contributed by atoms with Crippen LogP contribution in [0.15, 0.2) is 48.5 Å². The van der Waals surface area contributed by atoms with E-state index in [4.69, 9.17) is 0 Å². The summed E-state index contributed by atoms with van der Waals surface area (Å²) in [6.45, 7) is -0.335. The van der Waals surface area contributed by atoms with Crippen LogP contribution in [0, 0.1) is 5.92 Å². The Morgan fingerprint density at radius 2 is 1.41 bits per heavy atom. The average Bonchev–Trinajstić information content (AvgIpc) is 3.50. The van der Waals surface area contributed by atoms with E-state index in [9.17, 15) is 36.2 Å². The minimum Gasteiger partial charge on any atom is -0.383 e. The molecule has 3 nitrogen and oxygen atoms in total. The van der Waals surface area contributed by atoms with Crippen molar-refractivity contribution in [1.82, 2.24) is 5.32 Å². The molecule has 156 valence electrons. The van der Waals surface area contributed by atoms with Crippen molar-refractivity contribution in [1.29, 1.82) is 0 Å². The van der Waals surface area contributed by atoms with Crippen LogP contribution in [0.2, 0.25) is 0 Å². The van der Waals surface area contributed by atoms with E-state index in [0.717, 1.165) is 0 Å². The minimum atomic E-state index is -5.05. The van der Waals surface area contributed by atoms with Gasteiger partial charge in [-0.3, -0.25) is 4.79 Å². The Bertz CT molecular complexity index is 858. The van der Waals surface area contributed by atoms with Crippen molar-refractivity contribution in [3.63, 3.8) is 0 Å². The molecule has 1 fully saturated rings. The first kappa shape index (κ1) is 21.2. The maximum Gasteiger partial charge on any atom is 0.416 e. The first-order chi connectivity index (χ1) is 13.4. The number of aliphatic hydroxyl groups is 1. The largest absolute Gasteiger partial charge is 0.416 e. The monoisotopic (exact) mass is 417 g/mol. The molecule has 3 rings (SSSR count). The van der Waals surface area contributed by atoms with E-state index in [-0.39, 0.29) is 18.5 Å². The maximum atomic E-state index is 13.0. The van der Waals surface area contributed by atoms with Gasteiger partial charge in [0.05, 0.1) is 17.7 Å². The second kappa shape index (κ2) is 7.37. The molecule has 0 radical (unpaired) electrons. The highest BCUT2D eigenvalue weighted by Crippen LogP contribution is 2.45. The van der Waals surface area contributed by atoms with Gasteiger partial charge in [0, 0.05) is 5.56 Å². The van der Waals surface area contributed by atoms with Crippen molar-refractivity contribution < 1.29 is 36.2 Å². The van der Waals surface area contributed by atoms with Crippen molar-refractivity contribution in [3.05, 3.63) is 70.8 Å². The summed E-state index contributed by atoms with van der Waals surface area (Å²) in [5.74, 6) is -1.28. The second-order valence-electron chi connectivity index (χ2n) is 7.04. The van der Waals surface area contributed by atoms with Crippen molar-refractivity contribution in [2.24, 2.45) is 5.92 Å². The zero-order chi connectivity index (χ0) is 21.4. The Morgan fingerprint density at radius 3 is 1.86 bits per heavy atom. The van der Waals surface area contributed by atoms with E-state index in [1.165, 1.54) is 0 Å². The molecule has 0 aliphatic heterocycles. The highest BCUT2D eigenvalue weighted by molar-refractivity contribution is 5.94. The Morgan fingerprint density at radius 1 is 0.897 bits per heavy atom. The summed E-state index contributed by atoms with van der Waals surface area (Å²) in [4.78, 5) is 12.4. The van der Waals surface area contributed by atoms with Crippen LogP contribution in [-0.4, -0.2) is 17.6 Å². The molecular weight excluding hydrogens is 400 g/mol. The summed E-state index contributed by atoms with van der Waals surface area (Å²) >= 11 is 0. The van der Waals surface area contributed by atoms with Gasteiger partial charge in [0.2, 0.25) is 0 Å². The van der Waals surface area contributed by atoms with E-state index in [1.54, 1.807) is 30.3 Å². The van der Waals surface area contributed by atoms with E-state index in [1.807, 2.05) is 0 Å². The maximum absolute atomic E-state index is 13.0. The lowest BCUT2D eigenvalue weighted by molar-refractivity contribution is -0.143. The van der Waals surface area contributed by atoms with Gasteiger partial charge >= 0.3 is 12.4 Å². The van der Waals surface area contributed by atoms with Gasteiger partial charge in [-0.25, -0.2) is 0 Å². The first-order valence-corrected chi connectivity index (χ1v) is 8.77. The fraction of sp³-hybridized carbons (Fsp3) is 0.350. The van der Waals surface area contributed by atoms with Crippen LogP contribution in [0.25, 0.3) is 0 Å². The van der Waals surface area contributed by atoms with Crippen LogP contribution < -0.4 is 5.32 Å². The molecule has 1 unspecified atom stereocenters. The van der Waals surface area contributed by atoms with Gasteiger partial charge < -0.3 is 10.4 Å². The van der Waals surface area contributed by atoms with Gasteiger partial charge in [0.1, 0.15) is 5.60 Å². The molecule has 29 heavy (non-hydrogen) atoms. The number of nitrogens with one attached hydrogen (secondary N) is 1. The predicted octanol–water partition coefficient (Wildman–Crippen LogP) is 4.75. The van der Waals surface area contributed by atoms with Gasteiger partial charge in [0.15, 0.2) is 0 Å². The molecular formula is C20H17F6NO2. The molecule has 2 N–H and O–H groups in total. The van der Waals surface area contributed by atoms with Crippen LogP contribution in [0.3, 0.4) is 0 Å². The van der Waals surface area contributed by atoms with Crippen molar-refractivity contribution in [2.45, 2.75) is 30.8 Å². The molecule has 1 saturated carbocycles. The molecule has 2 aromatic carbocycles. The first-order valence-electron chi connectivity index (χ1n) is 8.77. The number of hydrogen-bond acceptors (Lipinski definition) is 2. The third kappa shape index (κ3) is 4.72. The Kier molecular flexibility index (Phi) is 5.38. The molecule has 2 aromatic rings. The topological polar surface area (TPSA) is 49.3 Å². The van der Waals surface area contributed by atoms with Gasteiger partial charge in [-0.2, -0.15) is 26.3 Å². The Balaban J connectivity index is 1.87. The molecule has 9 heteroatoms. The molecule has 0 saturated heterocycles. The predicted molar refractivity (Wildman–Crippen MR) is 91.8 cm³/mol. The lowest BCUT2D eigenvalue weighted by Gasteiger charge is -2.29. The molecule has 0 heterocycles. The highest BCUT2D eigenvalue weighted by Gasteiger charge is 2.45. The van der Waals surface area contributed by atoms with Crippen molar-refractivity contribution in [3.8, 4) is 0 Å². The van der Waals surface area contributed by atoms with Gasteiger partial charge in [-0.1, -0.05) is 30.3 Å². The summed E-state index contributed by atoms with van der Waals surface area (Å²) in [5.41, 5.74) is -4.86. The number of rotatable bonds is 5. The van der Waals surface area contributed by atoms with Crippen molar-refractivity contribution in [2.75, 3.05) is 6.54 Å². The Hall–Kier alpha value is -2.55. The second-order valence-corrected chi connectivity index (χ2v) is 7.04. The molecule has 1 amide bonds. The normalized spacial score (nSPS) is 16.9. The standard InChI is InChI=1S/C20H17F6NO2/c21-19(22,23)15-8-12(9-16(10-15)20(24,25)26)17(28)27-11-18(29,14-6-7-14)13-4-2-1-3-5-13/h1-5,8-10,14,29H,6-7,11H2,(H,27,28). The molecule has 1 aliphatic carbocycles. The summed E-state index contributed by atoms with van der Waals surface area (Å²) in [6.07, 6.45) is -8.70. The fourth-order valence-electron chi connectivity index (χ4n) is 3.17. The number of amides is 1. The lowest BCUT2D eigenvalue weighted by atomic mass is 9.88. The summed E-state index contributed by atoms with van der Waals surface area (Å²) in [7, 11) is 0. The SMILES string of the molecule is O=C(NCC(O)(c1ccccc1)C1CC1)c1cc(C(F)(F)F)cc(C(F)(F)F)c1. The molecule has 0 aromatic heterocycles. The minimum absolute atomic E-state index is 0.0404. The zero-order valence-electron chi connectivity index (χ0n) is 14.9. The van der Waals surface area contributed by atoms with Gasteiger partial charge in [-0.05, 0) is 42.5 Å². The summed E-state index contributed by atoms with van der Waals surface area (Å²) < 4.78 is 77.8.